The molecule has 1 aliphatic rings. The molecule has 0 aromatic heterocycles. The highest BCUT2D eigenvalue weighted by molar-refractivity contribution is 6.13. The van der Waals surface area contributed by atoms with Crippen molar-refractivity contribution >= 4 is 17.5 Å². The molecule has 0 unspecified atom stereocenters. The molecule has 0 radical (unpaired) electrons. The van der Waals surface area contributed by atoms with E-state index in [4.69, 9.17) is 4.74 Å². The Balaban J connectivity index is 1.58. The van der Waals surface area contributed by atoms with Gasteiger partial charge in [0.15, 0.2) is 0 Å². The molecule has 0 spiro atoms. The number of carbonyl (C=O) groups is 2. The van der Waals surface area contributed by atoms with Gasteiger partial charge in [-0.15, -0.1) is 0 Å². The van der Waals surface area contributed by atoms with Gasteiger partial charge in [0.2, 0.25) is 11.8 Å². The minimum Gasteiger partial charge on any atom is -0.497 e. The molecule has 6 heteroatoms. The van der Waals surface area contributed by atoms with Crippen LogP contribution in [-0.2, 0) is 16.1 Å². The Morgan fingerprint density at radius 2 is 1.68 bits per heavy atom. The number of carbonyl (C=O) groups excluding carboxylic acids is 2. The number of rotatable bonds is 6. The summed E-state index contributed by atoms with van der Waals surface area (Å²) in [4.78, 5) is 24.9. The molecule has 2 aromatic rings. The summed E-state index contributed by atoms with van der Waals surface area (Å²) in [6, 6.07) is 12.8. The molecule has 0 aliphatic heterocycles. The first-order chi connectivity index (χ1) is 12.0. The fourth-order valence-electron chi connectivity index (χ4n) is 2.56. The van der Waals surface area contributed by atoms with Gasteiger partial charge < -0.3 is 15.4 Å². The van der Waals surface area contributed by atoms with Crippen LogP contribution in [-0.4, -0.2) is 18.9 Å². The third kappa shape index (κ3) is 3.79. The van der Waals surface area contributed by atoms with E-state index in [1.165, 1.54) is 24.3 Å². The Labute approximate surface area is 145 Å². The van der Waals surface area contributed by atoms with Crippen LogP contribution >= 0.6 is 0 Å². The molecule has 1 aliphatic carbocycles. The van der Waals surface area contributed by atoms with Crippen molar-refractivity contribution in [2.75, 3.05) is 12.4 Å². The molecule has 1 saturated carbocycles. The minimum absolute atomic E-state index is 0.289. The standard InChI is InChI=1S/C19H19FN2O3/c1-25-16-8-2-13(3-9-16)12-21-17(23)19(10-11-19)18(24)22-15-6-4-14(20)5-7-15/h2-9H,10-12H2,1H3,(H,21,23)(H,22,24). The number of anilines is 1. The van der Waals surface area contributed by atoms with Crippen molar-refractivity contribution in [1.29, 1.82) is 0 Å². The Morgan fingerprint density at radius 3 is 2.24 bits per heavy atom. The smallest absolute Gasteiger partial charge is 0.240 e. The maximum absolute atomic E-state index is 12.9. The van der Waals surface area contributed by atoms with Gasteiger partial charge in [-0.2, -0.15) is 0 Å². The molecule has 2 N–H and O–H groups in total. The van der Waals surface area contributed by atoms with Crippen molar-refractivity contribution in [3.8, 4) is 5.75 Å². The maximum Gasteiger partial charge on any atom is 0.240 e. The summed E-state index contributed by atoms with van der Waals surface area (Å²) in [5, 5.41) is 5.50. The van der Waals surface area contributed by atoms with Crippen LogP contribution in [0.3, 0.4) is 0 Å². The van der Waals surface area contributed by atoms with E-state index in [9.17, 15) is 14.0 Å². The van der Waals surface area contributed by atoms with E-state index in [1.54, 1.807) is 7.11 Å². The quantitative estimate of drug-likeness (QED) is 0.793. The van der Waals surface area contributed by atoms with E-state index in [2.05, 4.69) is 10.6 Å². The number of hydrogen-bond acceptors (Lipinski definition) is 3. The normalized spacial score (nSPS) is 14.5. The van der Waals surface area contributed by atoms with Crippen LogP contribution in [0.2, 0.25) is 0 Å². The Bertz CT molecular complexity index is 768. The lowest BCUT2D eigenvalue weighted by atomic mass is 10.0. The molecule has 3 rings (SSSR count). The summed E-state index contributed by atoms with van der Waals surface area (Å²) in [5.74, 6) is -0.280. The van der Waals surface area contributed by atoms with Crippen molar-refractivity contribution in [1.82, 2.24) is 5.32 Å². The van der Waals surface area contributed by atoms with E-state index >= 15 is 0 Å². The average Bonchev–Trinajstić information content (AvgIpc) is 3.44. The van der Waals surface area contributed by atoms with E-state index in [1.807, 2.05) is 24.3 Å². The van der Waals surface area contributed by atoms with Crippen molar-refractivity contribution in [3.63, 3.8) is 0 Å². The number of benzene rings is 2. The van der Waals surface area contributed by atoms with Gasteiger partial charge in [0.25, 0.3) is 0 Å². The number of methoxy groups -OCH3 is 1. The predicted molar refractivity (Wildman–Crippen MR) is 91.5 cm³/mol. The molecule has 0 atom stereocenters. The third-order valence-electron chi connectivity index (χ3n) is 4.33. The second-order valence-corrected chi connectivity index (χ2v) is 6.07. The lowest BCUT2D eigenvalue weighted by Gasteiger charge is -2.15. The Hall–Kier alpha value is -2.89. The molecule has 2 amide bonds. The van der Waals surface area contributed by atoms with Crippen LogP contribution in [0.15, 0.2) is 48.5 Å². The molecular formula is C19H19FN2O3. The first-order valence-electron chi connectivity index (χ1n) is 8.02. The first kappa shape index (κ1) is 17.0. The summed E-state index contributed by atoms with van der Waals surface area (Å²) < 4.78 is 18.0. The number of amides is 2. The monoisotopic (exact) mass is 342 g/mol. The molecule has 130 valence electrons. The molecule has 0 bridgehead atoms. The zero-order chi connectivity index (χ0) is 17.9. The van der Waals surface area contributed by atoms with E-state index in [0.29, 0.717) is 25.1 Å². The second kappa shape index (κ2) is 6.93. The molecule has 1 fully saturated rings. The summed E-state index contributed by atoms with van der Waals surface area (Å²) in [6.45, 7) is 0.342. The van der Waals surface area contributed by atoms with Gasteiger partial charge >= 0.3 is 0 Å². The van der Waals surface area contributed by atoms with Gasteiger partial charge in [-0.25, -0.2) is 4.39 Å². The maximum atomic E-state index is 12.9. The topological polar surface area (TPSA) is 67.4 Å². The summed E-state index contributed by atoms with van der Waals surface area (Å²) in [6.07, 6.45) is 1.02. The molecule has 0 saturated heterocycles. The number of halogens is 1. The molecule has 5 nitrogen and oxygen atoms in total. The highest BCUT2D eigenvalue weighted by Gasteiger charge is 2.56. The van der Waals surface area contributed by atoms with Gasteiger partial charge in [0, 0.05) is 12.2 Å². The summed E-state index contributed by atoms with van der Waals surface area (Å²) in [5.41, 5.74) is 0.366. The van der Waals surface area contributed by atoms with Crippen LogP contribution in [0.5, 0.6) is 5.75 Å². The van der Waals surface area contributed by atoms with Gasteiger partial charge in [-0.3, -0.25) is 9.59 Å². The highest BCUT2D eigenvalue weighted by Crippen LogP contribution is 2.46. The number of ether oxygens (including phenoxy) is 1. The van der Waals surface area contributed by atoms with Crippen molar-refractivity contribution in [2.45, 2.75) is 19.4 Å². The van der Waals surface area contributed by atoms with Crippen LogP contribution < -0.4 is 15.4 Å². The Kier molecular flexibility index (Phi) is 4.70. The van der Waals surface area contributed by atoms with Crippen molar-refractivity contribution in [2.24, 2.45) is 5.41 Å². The van der Waals surface area contributed by atoms with Gasteiger partial charge in [-0.05, 0) is 54.8 Å². The Morgan fingerprint density at radius 1 is 1.04 bits per heavy atom. The fraction of sp³-hybridized carbons (Fsp3) is 0.263. The lowest BCUT2D eigenvalue weighted by molar-refractivity contribution is -0.134. The molecule has 2 aromatic carbocycles. The summed E-state index contributed by atoms with van der Waals surface area (Å²) >= 11 is 0. The van der Waals surface area contributed by atoms with E-state index in [0.717, 1.165) is 11.3 Å². The first-order valence-corrected chi connectivity index (χ1v) is 8.02. The van der Waals surface area contributed by atoms with Gasteiger partial charge in [0.1, 0.15) is 17.0 Å². The second-order valence-electron chi connectivity index (χ2n) is 6.07. The minimum atomic E-state index is -1.03. The predicted octanol–water partition coefficient (Wildman–Crippen LogP) is 2.87. The van der Waals surface area contributed by atoms with Crippen LogP contribution in [0.25, 0.3) is 0 Å². The zero-order valence-electron chi connectivity index (χ0n) is 13.8. The van der Waals surface area contributed by atoms with Gasteiger partial charge in [-0.1, -0.05) is 12.1 Å². The SMILES string of the molecule is COc1ccc(CNC(=O)C2(C(=O)Nc3ccc(F)cc3)CC2)cc1. The number of hydrogen-bond donors (Lipinski definition) is 2. The van der Waals surface area contributed by atoms with Crippen molar-refractivity contribution < 1.29 is 18.7 Å². The van der Waals surface area contributed by atoms with E-state index in [-0.39, 0.29) is 17.6 Å². The average molecular weight is 342 g/mol. The lowest BCUT2D eigenvalue weighted by Crippen LogP contribution is -2.39. The number of nitrogens with one attached hydrogen (secondary N) is 2. The highest BCUT2D eigenvalue weighted by atomic mass is 19.1. The van der Waals surface area contributed by atoms with Gasteiger partial charge in [0.05, 0.1) is 7.11 Å². The molecule has 0 heterocycles. The molecule has 25 heavy (non-hydrogen) atoms. The summed E-state index contributed by atoms with van der Waals surface area (Å²) in [7, 11) is 1.59. The van der Waals surface area contributed by atoms with Crippen LogP contribution in [0, 0.1) is 11.2 Å². The zero-order valence-corrected chi connectivity index (χ0v) is 13.8. The van der Waals surface area contributed by atoms with Crippen LogP contribution in [0.4, 0.5) is 10.1 Å². The van der Waals surface area contributed by atoms with E-state index < -0.39 is 5.41 Å². The third-order valence-corrected chi connectivity index (χ3v) is 4.33. The fourth-order valence-corrected chi connectivity index (χ4v) is 2.56. The van der Waals surface area contributed by atoms with Crippen LogP contribution in [0.1, 0.15) is 18.4 Å². The largest absolute Gasteiger partial charge is 0.497 e. The van der Waals surface area contributed by atoms with Crippen molar-refractivity contribution in [3.05, 3.63) is 59.9 Å². The molecular weight excluding hydrogens is 323 g/mol.